The van der Waals surface area contributed by atoms with Crippen molar-refractivity contribution in [3.63, 3.8) is 0 Å². The maximum Gasteiger partial charge on any atom is 0.224 e. The van der Waals surface area contributed by atoms with E-state index in [4.69, 9.17) is 0 Å². The first-order chi connectivity index (χ1) is 7.61. The number of benzene rings is 1. The standard InChI is InChI=1S/C14H19NO/c1-10(2)13-9-8-12-6-4-5-7-14(12)15(13)11(3)16/h4-7,10,13H,8-9H2,1-3H3. The zero-order valence-corrected chi connectivity index (χ0v) is 10.2. The van der Waals surface area contributed by atoms with E-state index in [1.807, 2.05) is 17.0 Å². The Labute approximate surface area is 97.3 Å². The molecule has 1 amide bonds. The molecule has 0 aliphatic carbocycles. The summed E-state index contributed by atoms with van der Waals surface area (Å²) < 4.78 is 0. The molecule has 16 heavy (non-hydrogen) atoms. The van der Waals surface area contributed by atoms with Crippen molar-refractivity contribution in [1.82, 2.24) is 0 Å². The number of nitrogens with zero attached hydrogens (tertiary/aromatic N) is 1. The summed E-state index contributed by atoms with van der Waals surface area (Å²) in [6, 6.07) is 8.60. The van der Waals surface area contributed by atoms with Crippen molar-refractivity contribution >= 4 is 11.6 Å². The number of hydrogen-bond acceptors (Lipinski definition) is 1. The van der Waals surface area contributed by atoms with Gasteiger partial charge in [-0.1, -0.05) is 32.0 Å². The summed E-state index contributed by atoms with van der Waals surface area (Å²) in [4.78, 5) is 13.8. The lowest BCUT2D eigenvalue weighted by molar-refractivity contribution is -0.117. The van der Waals surface area contributed by atoms with Gasteiger partial charge in [0, 0.05) is 18.7 Å². The summed E-state index contributed by atoms with van der Waals surface area (Å²) in [6.07, 6.45) is 2.16. The van der Waals surface area contributed by atoms with Crippen LogP contribution in [0.25, 0.3) is 0 Å². The van der Waals surface area contributed by atoms with Gasteiger partial charge in [-0.15, -0.1) is 0 Å². The Balaban J connectivity index is 2.43. The van der Waals surface area contributed by atoms with E-state index in [9.17, 15) is 4.79 Å². The zero-order valence-electron chi connectivity index (χ0n) is 10.2. The fourth-order valence-corrected chi connectivity index (χ4v) is 2.60. The minimum absolute atomic E-state index is 0.158. The van der Waals surface area contributed by atoms with Gasteiger partial charge < -0.3 is 4.90 Å². The molecule has 2 rings (SSSR count). The van der Waals surface area contributed by atoms with Crippen LogP contribution in [0.2, 0.25) is 0 Å². The summed E-state index contributed by atoms with van der Waals surface area (Å²) in [7, 11) is 0. The number of rotatable bonds is 1. The first kappa shape index (κ1) is 11.2. The van der Waals surface area contributed by atoms with Crippen molar-refractivity contribution in [1.29, 1.82) is 0 Å². The highest BCUT2D eigenvalue weighted by Gasteiger charge is 2.30. The molecule has 0 bridgehead atoms. The monoisotopic (exact) mass is 217 g/mol. The molecule has 2 nitrogen and oxygen atoms in total. The summed E-state index contributed by atoms with van der Waals surface area (Å²) in [5.74, 6) is 0.670. The summed E-state index contributed by atoms with van der Waals surface area (Å²) >= 11 is 0. The summed E-state index contributed by atoms with van der Waals surface area (Å²) in [5, 5.41) is 0. The Morgan fingerprint density at radius 2 is 2.06 bits per heavy atom. The van der Waals surface area contributed by atoms with Crippen molar-refractivity contribution in [2.75, 3.05) is 4.90 Å². The highest BCUT2D eigenvalue weighted by atomic mass is 16.2. The van der Waals surface area contributed by atoms with E-state index in [1.165, 1.54) is 5.56 Å². The third-order valence-corrected chi connectivity index (χ3v) is 3.40. The second kappa shape index (κ2) is 4.28. The fourth-order valence-electron chi connectivity index (χ4n) is 2.60. The van der Waals surface area contributed by atoms with Gasteiger partial charge in [-0.25, -0.2) is 0 Å². The minimum Gasteiger partial charge on any atom is -0.309 e. The van der Waals surface area contributed by atoms with Gasteiger partial charge >= 0.3 is 0 Å². The van der Waals surface area contributed by atoms with Crippen LogP contribution >= 0.6 is 0 Å². The average molecular weight is 217 g/mol. The van der Waals surface area contributed by atoms with E-state index in [2.05, 4.69) is 26.0 Å². The number of aryl methyl sites for hydroxylation is 1. The predicted molar refractivity (Wildman–Crippen MR) is 66.5 cm³/mol. The Bertz CT molecular complexity index is 397. The molecule has 0 saturated heterocycles. The molecular formula is C14H19NO. The van der Waals surface area contributed by atoms with E-state index in [0.717, 1.165) is 18.5 Å². The number of carbonyl (C=O) groups is 1. The molecule has 1 aliphatic heterocycles. The Morgan fingerprint density at radius 3 is 2.69 bits per heavy atom. The lowest BCUT2D eigenvalue weighted by Crippen LogP contribution is -2.45. The maximum atomic E-state index is 11.8. The quantitative estimate of drug-likeness (QED) is 0.708. The van der Waals surface area contributed by atoms with Gasteiger partial charge in [-0.2, -0.15) is 0 Å². The van der Waals surface area contributed by atoms with Crippen LogP contribution in [0.5, 0.6) is 0 Å². The second-order valence-corrected chi connectivity index (χ2v) is 4.87. The van der Waals surface area contributed by atoms with Gasteiger partial charge in [0.1, 0.15) is 0 Å². The Hall–Kier alpha value is -1.31. The molecule has 1 atom stereocenters. The van der Waals surface area contributed by atoms with Crippen LogP contribution in [0.15, 0.2) is 24.3 Å². The van der Waals surface area contributed by atoms with Crippen molar-refractivity contribution < 1.29 is 4.79 Å². The van der Waals surface area contributed by atoms with Gasteiger partial charge in [0.15, 0.2) is 0 Å². The molecule has 1 aliphatic rings. The van der Waals surface area contributed by atoms with Gasteiger partial charge in [-0.3, -0.25) is 4.79 Å². The first-order valence-electron chi connectivity index (χ1n) is 5.99. The topological polar surface area (TPSA) is 20.3 Å². The van der Waals surface area contributed by atoms with Crippen molar-refractivity contribution in [2.45, 2.75) is 39.7 Å². The molecule has 0 fully saturated rings. The minimum atomic E-state index is 0.158. The lowest BCUT2D eigenvalue weighted by atomic mass is 9.89. The highest BCUT2D eigenvalue weighted by Crippen LogP contribution is 2.33. The van der Waals surface area contributed by atoms with Gasteiger partial charge in [-0.05, 0) is 30.4 Å². The summed E-state index contributed by atoms with van der Waals surface area (Å²) in [5.41, 5.74) is 2.41. The van der Waals surface area contributed by atoms with Gasteiger partial charge in [0.2, 0.25) is 5.91 Å². The van der Waals surface area contributed by atoms with E-state index >= 15 is 0 Å². The van der Waals surface area contributed by atoms with Crippen LogP contribution < -0.4 is 4.90 Å². The van der Waals surface area contributed by atoms with Gasteiger partial charge in [0.25, 0.3) is 0 Å². The normalized spacial score (nSPS) is 19.8. The van der Waals surface area contributed by atoms with Crippen LogP contribution in [-0.2, 0) is 11.2 Å². The molecule has 2 heteroatoms. The molecule has 0 saturated carbocycles. The first-order valence-corrected chi connectivity index (χ1v) is 5.99. The van der Waals surface area contributed by atoms with Gasteiger partial charge in [0.05, 0.1) is 0 Å². The Kier molecular flexibility index (Phi) is 2.99. The average Bonchev–Trinajstić information content (AvgIpc) is 2.27. The molecule has 1 aromatic carbocycles. The third-order valence-electron chi connectivity index (χ3n) is 3.40. The molecule has 0 spiro atoms. The molecular weight excluding hydrogens is 198 g/mol. The SMILES string of the molecule is CC(=O)N1c2ccccc2CCC1C(C)C. The molecule has 1 aromatic rings. The summed E-state index contributed by atoms with van der Waals surface area (Å²) in [6.45, 7) is 6.04. The number of hydrogen-bond donors (Lipinski definition) is 0. The second-order valence-electron chi connectivity index (χ2n) is 4.87. The predicted octanol–water partition coefficient (Wildman–Crippen LogP) is 3.01. The highest BCUT2D eigenvalue weighted by molar-refractivity contribution is 5.93. The largest absolute Gasteiger partial charge is 0.309 e. The molecule has 0 aromatic heterocycles. The van der Waals surface area contributed by atoms with Crippen LogP contribution in [0.1, 0.15) is 32.8 Å². The van der Waals surface area contributed by atoms with E-state index in [1.54, 1.807) is 6.92 Å². The van der Waals surface area contributed by atoms with Crippen molar-refractivity contribution in [3.8, 4) is 0 Å². The molecule has 1 heterocycles. The van der Waals surface area contributed by atoms with Crippen LogP contribution in [0, 0.1) is 5.92 Å². The molecule has 0 N–H and O–H groups in total. The van der Waals surface area contributed by atoms with Crippen LogP contribution in [0.3, 0.4) is 0 Å². The third kappa shape index (κ3) is 1.84. The molecule has 0 radical (unpaired) electrons. The van der Waals surface area contributed by atoms with E-state index in [-0.39, 0.29) is 5.91 Å². The van der Waals surface area contributed by atoms with Crippen LogP contribution in [0.4, 0.5) is 5.69 Å². The molecule has 1 unspecified atom stereocenters. The maximum absolute atomic E-state index is 11.8. The zero-order chi connectivity index (χ0) is 11.7. The lowest BCUT2D eigenvalue weighted by Gasteiger charge is -2.39. The number of anilines is 1. The Morgan fingerprint density at radius 1 is 1.38 bits per heavy atom. The number of amides is 1. The number of para-hydroxylation sites is 1. The fraction of sp³-hybridized carbons (Fsp3) is 0.500. The smallest absolute Gasteiger partial charge is 0.224 e. The van der Waals surface area contributed by atoms with E-state index < -0.39 is 0 Å². The number of carbonyl (C=O) groups excluding carboxylic acids is 1. The van der Waals surface area contributed by atoms with Crippen molar-refractivity contribution in [2.24, 2.45) is 5.92 Å². The number of fused-ring (bicyclic) bond motifs is 1. The van der Waals surface area contributed by atoms with E-state index in [0.29, 0.717) is 12.0 Å². The van der Waals surface area contributed by atoms with Crippen molar-refractivity contribution in [3.05, 3.63) is 29.8 Å². The van der Waals surface area contributed by atoms with Crippen LogP contribution in [-0.4, -0.2) is 11.9 Å². The molecule has 86 valence electrons.